The van der Waals surface area contributed by atoms with Crippen molar-refractivity contribution in [2.45, 2.75) is 38.7 Å². The first-order valence-electron chi connectivity index (χ1n) is 6.38. The van der Waals surface area contributed by atoms with Crippen molar-refractivity contribution >= 4 is 5.91 Å². The Hall–Kier alpha value is -1.58. The van der Waals surface area contributed by atoms with Crippen molar-refractivity contribution in [3.05, 3.63) is 23.5 Å². The van der Waals surface area contributed by atoms with Crippen LogP contribution in [0.3, 0.4) is 0 Å². The molecule has 1 heterocycles. The number of aromatic nitrogens is 1. The van der Waals surface area contributed by atoms with Gasteiger partial charge in [0.1, 0.15) is 11.4 Å². The van der Waals surface area contributed by atoms with Crippen molar-refractivity contribution in [2.75, 3.05) is 14.1 Å². The van der Waals surface area contributed by atoms with Crippen LogP contribution in [0.5, 0.6) is 5.75 Å². The van der Waals surface area contributed by atoms with Gasteiger partial charge in [-0.15, -0.1) is 0 Å². The Morgan fingerprint density at radius 2 is 2.06 bits per heavy atom. The molecule has 18 heavy (non-hydrogen) atoms. The van der Waals surface area contributed by atoms with E-state index in [2.05, 4.69) is 18.8 Å². The maximum absolute atomic E-state index is 11.9. The number of nitrogens with zero attached hydrogens (tertiary/aromatic N) is 2. The summed E-state index contributed by atoms with van der Waals surface area (Å²) in [5.74, 6) is 0.992. The van der Waals surface area contributed by atoms with Gasteiger partial charge in [-0.2, -0.15) is 0 Å². The van der Waals surface area contributed by atoms with E-state index in [1.807, 2.05) is 6.07 Å². The summed E-state index contributed by atoms with van der Waals surface area (Å²) >= 11 is 0. The van der Waals surface area contributed by atoms with Crippen LogP contribution in [0.1, 0.15) is 48.8 Å². The summed E-state index contributed by atoms with van der Waals surface area (Å²) in [7, 11) is 3.46. The van der Waals surface area contributed by atoms with E-state index in [1.165, 1.54) is 4.90 Å². The minimum atomic E-state index is -0.0742. The van der Waals surface area contributed by atoms with Gasteiger partial charge in [-0.1, -0.05) is 13.8 Å². The molecule has 1 fully saturated rings. The van der Waals surface area contributed by atoms with Crippen LogP contribution < -0.4 is 4.74 Å². The zero-order valence-electron chi connectivity index (χ0n) is 11.4. The molecule has 98 valence electrons. The van der Waals surface area contributed by atoms with Crippen LogP contribution in [-0.2, 0) is 0 Å². The van der Waals surface area contributed by atoms with Crippen LogP contribution in [-0.4, -0.2) is 36.0 Å². The molecule has 0 N–H and O–H groups in total. The van der Waals surface area contributed by atoms with Gasteiger partial charge in [0.25, 0.3) is 5.91 Å². The lowest BCUT2D eigenvalue weighted by Crippen LogP contribution is -2.23. The highest BCUT2D eigenvalue weighted by molar-refractivity contribution is 5.92. The molecule has 2 rings (SSSR count). The van der Waals surface area contributed by atoms with Crippen LogP contribution in [0.4, 0.5) is 0 Å². The minimum Gasteiger partial charge on any atom is -0.489 e. The van der Waals surface area contributed by atoms with E-state index in [0.29, 0.717) is 11.8 Å². The lowest BCUT2D eigenvalue weighted by atomic mass is 10.1. The first-order valence-corrected chi connectivity index (χ1v) is 6.38. The SMILES string of the molecule is CC(C)c1nc(C(=O)N(C)C)ccc1OC1CC1. The zero-order chi connectivity index (χ0) is 13.3. The minimum absolute atomic E-state index is 0.0742. The van der Waals surface area contributed by atoms with E-state index >= 15 is 0 Å². The molecule has 4 nitrogen and oxygen atoms in total. The summed E-state index contributed by atoms with van der Waals surface area (Å²) in [4.78, 5) is 17.9. The van der Waals surface area contributed by atoms with Crippen molar-refractivity contribution in [3.63, 3.8) is 0 Å². The molecule has 0 bridgehead atoms. The predicted octanol–water partition coefficient (Wildman–Crippen LogP) is 2.45. The fourth-order valence-electron chi connectivity index (χ4n) is 1.69. The molecular formula is C14H20N2O2. The van der Waals surface area contributed by atoms with E-state index in [-0.39, 0.29) is 11.8 Å². The summed E-state index contributed by atoms with van der Waals surface area (Å²) in [5, 5.41) is 0. The van der Waals surface area contributed by atoms with E-state index in [9.17, 15) is 4.79 Å². The van der Waals surface area contributed by atoms with Crippen molar-refractivity contribution in [1.82, 2.24) is 9.88 Å². The monoisotopic (exact) mass is 248 g/mol. The molecule has 1 aliphatic rings. The second-order valence-electron chi connectivity index (χ2n) is 5.25. The van der Waals surface area contributed by atoms with Gasteiger partial charge in [0.15, 0.2) is 0 Å². The van der Waals surface area contributed by atoms with Gasteiger partial charge < -0.3 is 9.64 Å². The maximum Gasteiger partial charge on any atom is 0.271 e. The van der Waals surface area contributed by atoms with Crippen LogP contribution in [0, 0.1) is 0 Å². The molecule has 0 spiro atoms. The predicted molar refractivity (Wildman–Crippen MR) is 70.0 cm³/mol. The van der Waals surface area contributed by atoms with Crippen molar-refractivity contribution in [1.29, 1.82) is 0 Å². The van der Waals surface area contributed by atoms with Gasteiger partial charge in [-0.25, -0.2) is 4.98 Å². The third-order valence-electron chi connectivity index (χ3n) is 2.88. The summed E-state index contributed by atoms with van der Waals surface area (Å²) in [6, 6.07) is 3.61. The average molecular weight is 248 g/mol. The lowest BCUT2D eigenvalue weighted by molar-refractivity contribution is 0.0821. The number of carbonyl (C=O) groups is 1. The van der Waals surface area contributed by atoms with Gasteiger partial charge in [0, 0.05) is 14.1 Å². The van der Waals surface area contributed by atoms with Crippen LogP contribution in [0.2, 0.25) is 0 Å². The highest BCUT2D eigenvalue weighted by atomic mass is 16.5. The Kier molecular flexibility index (Phi) is 3.55. The summed E-state index contributed by atoms with van der Waals surface area (Å²) in [5.41, 5.74) is 1.35. The summed E-state index contributed by atoms with van der Waals surface area (Å²) < 4.78 is 5.83. The molecule has 1 saturated carbocycles. The molecular weight excluding hydrogens is 228 g/mol. The smallest absolute Gasteiger partial charge is 0.271 e. The van der Waals surface area contributed by atoms with Gasteiger partial charge >= 0.3 is 0 Å². The van der Waals surface area contributed by atoms with Crippen molar-refractivity contribution in [3.8, 4) is 5.75 Å². The van der Waals surface area contributed by atoms with Gasteiger partial charge in [-0.3, -0.25) is 4.79 Å². The first-order chi connectivity index (χ1) is 8.49. The molecule has 1 aliphatic carbocycles. The Labute approximate surface area is 108 Å². The number of ether oxygens (including phenoxy) is 1. The molecule has 0 aliphatic heterocycles. The fourth-order valence-corrected chi connectivity index (χ4v) is 1.69. The van der Waals surface area contributed by atoms with Crippen LogP contribution in [0.25, 0.3) is 0 Å². The normalized spacial score (nSPS) is 14.7. The largest absolute Gasteiger partial charge is 0.489 e. The number of amides is 1. The average Bonchev–Trinajstić information content (AvgIpc) is 3.12. The third-order valence-corrected chi connectivity index (χ3v) is 2.88. The molecule has 0 unspecified atom stereocenters. The lowest BCUT2D eigenvalue weighted by Gasteiger charge is -2.15. The molecule has 0 saturated heterocycles. The molecule has 1 aromatic rings. The molecule has 0 atom stereocenters. The van der Waals surface area contributed by atoms with E-state index in [0.717, 1.165) is 24.3 Å². The molecule has 0 aromatic carbocycles. The maximum atomic E-state index is 11.9. The quantitative estimate of drug-likeness (QED) is 0.822. The molecule has 1 aromatic heterocycles. The second kappa shape index (κ2) is 4.96. The number of pyridine rings is 1. The van der Waals surface area contributed by atoms with Crippen LogP contribution >= 0.6 is 0 Å². The Morgan fingerprint density at radius 1 is 1.39 bits per heavy atom. The van der Waals surface area contributed by atoms with Gasteiger partial charge in [0.2, 0.25) is 0 Å². The first kappa shape index (κ1) is 12.9. The molecule has 0 radical (unpaired) electrons. The third kappa shape index (κ3) is 2.81. The molecule has 1 amide bonds. The molecule has 4 heteroatoms. The standard InChI is InChI=1S/C14H20N2O2/c1-9(2)13-12(18-10-5-6-10)8-7-11(15-13)14(17)16(3)4/h7-10H,5-6H2,1-4H3. The van der Waals surface area contributed by atoms with E-state index < -0.39 is 0 Å². The fraction of sp³-hybridized carbons (Fsp3) is 0.571. The summed E-state index contributed by atoms with van der Waals surface area (Å²) in [6.45, 7) is 4.12. The van der Waals surface area contributed by atoms with E-state index in [4.69, 9.17) is 4.74 Å². The Bertz CT molecular complexity index is 451. The summed E-state index contributed by atoms with van der Waals surface area (Å²) in [6.07, 6.45) is 2.59. The number of hydrogen-bond acceptors (Lipinski definition) is 3. The number of hydrogen-bond donors (Lipinski definition) is 0. The van der Waals surface area contributed by atoms with E-state index in [1.54, 1.807) is 20.2 Å². The number of carbonyl (C=O) groups excluding carboxylic acids is 1. The Morgan fingerprint density at radius 3 is 2.56 bits per heavy atom. The second-order valence-corrected chi connectivity index (χ2v) is 5.25. The van der Waals surface area contributed by atoms with Crippen LogP contribution in [0.15, 0.2) is 12.1 Å². The van der Waals surface area contributed by atoms with Gasteiger partial charge in [-0.05, 0) is 30.9 Å². The highest BCUT2D eigenvalue weighted by Crippen LogP contribution is 2.31. The number of rotatable bonds is 4. The Balaban J connectivity index is 2.29. The van der Waals surface area contributed by atoms with Gasteiger partial charge in [0.05, 0.1) is 11.8 Å². The van der Waals surface area contributed by atoms with Crippen molar-refractivity contribution < 1.29 is 9.53 Å². The topological polar surface area (TPSA) is 42.4 Å². The zero-order valence-corrected chi connectivity index (χ0v) is 11.4. The van der Waals surface area contributed by atoms with Crippen molar-refractivity contribution in [2.24, 2.45) is 0 Å². The highest BCUT2D eigenvalue weighted by Gasteiger charge is 2.26.